The van der Waals surface area contributed by atoms with Gasteiger partial charge < -0.3 is 35.4 Å². The number of ether oxygens (including phenoxy) is 2. The number of hydrogen-bond acceptors (Lipinski definition) is 14. The quantitative estimate of drug-likeness (QED) is 0.0828. The van der Waals surface area contributed by atoms with Crippen molar-refractivity contribution in [2.45, 2.75) is 117 Å². The number of benzene rings is 2. The Morgan fingerprint density at radius 1 is 0.917 bits per heavy atom. The number of aliphatic imine (C=N–C) groups is 1. The molecule has 0 radical (unpaired) electrons. The van der Waals surface area contributed by atoms with Crippen LogP contribution in [-0.2, 0) is 25.7 Å². The molecular weight excluding hydrogens is 976 g/mol. The Morgan fingerprint density at radius 2 is 1.65 bits per heavy atom. The number of likely N-dealkylation sites (tertiary alicyclic amines) is 1. The van der Waals surface area contributed by atoms with E-state index in [0.717, 1.165) is 59.8 Å². The molecule has 4 atom stereocenters. The fraction of sp³-hybridized carbons (Fsp3) is 0.404. The molecular formula is C52H57ClN10O7S2. The molecule has 9 rings (SSSR count). The van der Waals surface area contributed by atoms with Gasteiger partial charge in [-0.25, -0.2) is 9.97 Å². The summed E-state index contributed by atoms with van der Waals surface area (Å²) in [7, 11) is 0. The highest BCUT2D eigenvalue weighted by Crippen LogP contribution is 2.40. The smallest absolute Gasteiger partial charge is 0.258 e. The molecule has 6 heterocycles. The van der Waals surface area contributed by atoms with Gasteiger partial charge in [0.25, 0.3) is 5.91 Å². The average Bonchev–Trinajstić information content (AvgIpc) is 4.11. The Bertz CT molecular complexity index is 3010. The van der Waals surface area contributed by atoms with Crippen molar-refractivity contribution in [2.75, 3.05) is 13.2 Å². The first-order chi connectivity index (χ1) is 34.4. The van der Waals surface area contributed by atoms with Crippen LogP contribution in [0, 0.1) is 33.1 Å². The zero-order chi connectivity index (χ0) is 51.0. The standard InChI is InChI=1S/C52H57ClN10O7S2/c1-27-29(3)72-51-44(27)45(32-12-14-34(53)15-13-32)58-39(48-61-60-30(4)63(48)51)21-41(65)57-35-18-38(19-35)70-43-17-16-37(23-54-43)69-25-42(66)59-47(52(5,6)7)50(68)62-24-36(64)20-40(62)49(67)55-22-31-8-10-33(11-9-31)46-28(2)56-26-71-46/h8-17,23,26,35-36,38-40,47,64H,18-22,24-25H2,1-7H3,(H,55,67)(H,57,65)(H,59,66)/t35?,36-,38?,39+,40+,47?/m1/s1. The lowest BCUT2D eigenvalue weighted by Gasteiger charge is -2.35. The number of pyridine rings is 1. The Morgan fingerprint density at radius 3 is 2.33 bits per heavy atom. The predicted octanol–water partition coefficient (Wildman–Crippen LogP) is 6.93. The second-order valence-electron chi connectivity index (χ2n) is 19.6. The molecule has 4 amide bonds. The average molecular weight is 1030 g/mol. The third-order valence-electron chi connectivity index (χ3n) is 13.3. The second kappa shape index (κ2) is 20.9. The van der Waals surface area contributed by atoms with Crippen LogP contribution >= 0.6 is 34.3 Å². The molecule has 6 aromatic rings. The van der Waals surface area contributed by atoms with E-state index in [1.807, 2.05) is 93.2 Å². The summed E-state index contributed by atoms with van der Waals surface area (Å²) in [5.74, 6) is 0.440. The van der Waals surface area contributed by atoms with Gasteiger partial charge in [0.1, 0.15) is 40.8 Å². The molecule has 4 N–H and O–H groups in total. The van der Waals surface area contributed by atoms with Crippen LogP contribution in [0.4, 0.5) is 0 Å². The van der Waals surface area contributed by atoms with Crippen molar-refractivity contribution in [2.24, 2.45) is 10.4 Å². The van der Waals surface area contributed by atoms with Crippen LogP contribution in [0.2, 0.25) is 5.02 Å². The monoisotopic (exact) mass is 1030 g/mol. The Kier molecular flexibility index (Phi) is 14.6. The van der Waals surface area contributed by atoms with E-state index in [-0.39, 0.29) is 49.9 Å². The van der Waals surface area contributed by atoms with Gasteiger partial charge in [0.15, 0.2) is 12.4 Å². The minimum atomic E-state index is -1.02. The van der Waals surface area contributed by atoms with Gasteiger partial charge in [-0.05, 0) is 68.0 Å². The number of thiophene rings is 1. The number of fused-ring (bicyclic) bond motifs is 3. The van der Waals surface area contributed by atoms with Gasteiger partial charge in [-0.1, -0.05) is 68.8 Å². The predicted molar refractivity (Wildman–Crippen MR) is 275 cm³/mol. The van der Waals surface area contributed by atoms with E-state index in [4.69, 9.17) is 26.1 Å². The Balaban J connectivity index is 0.744. The third-order valence-corrected chi connectivity index (χ3v) is 15.7. The normalized spacial score (nSPS) is 19.8. The van der Waals surface area contributed by atoms with E-state index in [1.165, 1.54) is 11.1 Å². The van der Waals surface area contributed by atoms with Crippen molar-refractivity contribution in [1.29, 1.82) is 0 Å². The summed E-state index contributed by atoms with van der Waals surface area (Å²) in [5, 5.41) is 30.0. The van der Waals surface area contributed by atoms with Gasteiger partial charge in [-0.3, -0.25) is 28.7 Å². The lowest BCUT2D eigenvalue weighted by Crippen LogP contribution is -2.58. The zero-order valence-electron chi connectivity index (χ0n) is 41.1. The molecule has 0 bridgehead atoms. The Labute approximate surface area is 430 Å². The molecule has 20 heteroatoms. The van der Waals surface area contributed by atoms with E-state index >= 15 is 0 Å². The maximum atomic E-state index is 14.1. The molecule has 2 aromatic carbocycles. The number of aromatic nitrogens is 5. The number of hydrogen-bond donors (Lipinski definition) is 4. The summed E-state index contributed by atoms with van der Waals surface area (Å²) < 4.78 is 13.9. The van der Waals surface area contributed by atoms with Crippen LogP contribution in [-0.4, -0.2) is 108 Å². The van der Waals surface area contributed by atoms with Gasteiger partial charge in [-0.2, -0.15) is 0 Å². The summed E-state index contributed by atoms with van der Waals surface area (Å²) in [6, 6.07) is 16.1. The SMILES string of the molecule is Cc1ncsc1-c1ccc(CNC(=O)[C@@H]2C[C@@H](O)CN2C(=O)C(NC(=O)COc2ccc(OC3CC(NC(=O)C[C@@H]4N=C(c5ccc(Cl)cc5)c5c(sc(C)c5C)-n5c(C)nnc54)C3)nc2)C(C)(C)C)cc1. The van der Waals surface area contributed by atoms with Gasteiger partial charge in [0.2, 0.25) is 23.6 Å². The van der Waals surface area contributed by atoms with Gasteiger partial charge in [0, 0.05) is 65.5 Å². The van der Waals surface area contributed by atoms with Crippen molar-refractivity contribution >= 4 is 63.6 Å². The van der Waals surface area contributed by atoms with E-state index in [9.17, 15) is 24.3 Å². The van der Waals surface area contributed by atoms with Gasteiger partial charge in [0.05, 0.1) is 40.5 Å². The lowest BCUT2D eigenvalue weighted by atomic mass is 9.85. The van der Waals surface area contributed by atoms with E-state index < -0.39 is 48.1 Å². The molecule has 376 valence electrons. The van der Waals surface area contributed by atoms with Gasteiger partial charge >= 0.3 is 0 Å². The van der Waals surface area contributed by atoms with Crippen molar-refractivity contribution < 1.29 is 33.8 Å². The summed E-state index contributed by atoms with van der Waals surface area (Å²) in [6.45, 7) is 13.3. The van der Waals surface area contributed by atoms with E-state index in [2.05, 4.69) is 50.0 Å². The number of nitrogens with zero attached hydrogens (tertiary/aromatic N) is 7. The summed E-state index contributed by atoms with van der Waals surface area (Å²) in [4.78, 5) is 72.1. The molecule has 72 heavy (non-hydrogen) atoms. The zero-order valence-corrected chi connectivity index (χ0v) is 43.5. The minimum Gasteiger partial charge on any atom is -0.482 e. The van der Waals surface area contributed by atoms with Gasteiger partial charge in [-0.15, -0.1) is 32.9 Å². The number of aryl methyl sites for hydroxylation is 3. The van der Waals surface area contributed by atoms with Crippen LogP contribution in [0.5, 0.6) is 11.6 Å². The van der Waals surface area contributed by atoms with Crippen LogP contribution in [0.25, 0.3) is 15.4 Å². The van der Waals surface area contributed by atoms with E-state index in [1.54, 1.807) is 34.8 Å². The van der Waals surface area contributed by atoms with Crippen molar-refractivity contribution in [3.05, 3.63) is 122 Å². The number of β-amino-alcohol motifs (C(OH)–C–C–N with tert-alkyl or cyclic N) is 1. The van der Waals surface area contributed by atoms with E-state index in [0.29, 0.717) is 35.3 Å². The highest BCUT2D eigenvalue weighted by Gasteiger charge is 2.45. The number of aliphatic hydroxyl groups excluding tert-OH is 1. The number of carbonyl (C=O) groups is 4. The number of halogens is 1. The second-order valence-corrected chi connectivity index (χ2v) is 22.1. The number of thiazole rings is 1. The molecule has 1 unspecified atom stereocenters. The minimum absolute atomic E-state index is 0.0415. The first-order valence-electron chi connectivity index (χ1n) is 23.9. The first-order valence-corrected chi connectivity index (χ1v) is 25.9. The molecule has 1 saturated heterocycles. The maximum absolute atomic E-state index is 14.1. The van der Waals surface area contributed by atoms with Crippen molar-refractivity contribution in [3.8, 4) is 27.1 Å². The van der Waals surface area contributed by atoms with Crippen molar-refractivity contribution in [3.63, 3.8) is 0 Å². The van der Waals surface area contributed by atoms with Crippen LogP contribution in [0.1, 0.15) is 97.0 Å². The molecule has 0 spiro atoms. The number of carbonyl (C=O) groups excluding carboxylic acids is 4. The number of rotatable bonds is 15. The Hall–Kier alpha value is -6.54. The molecule has 2 fully saturated rings. The maximum Gasteiger partial charge on any atom is 0.258 e. The van der Waals surface area contributed by atoms with Crippen LogP contribution in [0.3, 0.4) is 0 Å². The molecule has 17 nitrogen and oxygen atoms in total. The highest BCUT2D eigenvalue weighted by atomic mass is 35.5. The summed E-state index contributed by atoms with van der Waals surface area (Å²) in [5.41, 5.74) is 7.74. The molecule has 3 aliphatic rings. The lowest BCUT2D eigenvalue weighted by molar-refractivity contribution is -0.144. The fourth-order valence-electron chi connectivity index (χ4n) is 9.20. The third kappa shape index (κ3) is 10.9. The molecule has 1 aliphatic carbocycles. The van der Waals surface area contributed by atoms with Crippen molar-refractivity contribution in [1.82, 2.24) is 45.6 Å². The molecule has 2 aliphatic heterocycles. The molecule has 4 aromatic heterocycles. The first kappa shape index (κ1) is 50.4. The summed E-state index contributed by atoms with van der Waals surface area (Å²) in [6.07, 6.45) is 1.70. The number of nitrogens with one attached hydrogen (secondary N) is 3. The van der Waals surface area contributed by atoms with Crippen LogP contribution < -0.4 is 25.4 Å². The fourth-order valence-corrected chi connectivity index (χ4v) is 11.4. The number of aliphatic hydroxyl groups is 1. The molecule has 1 saturated carbocycles. The largest absolute Gasteiger partial charge is 0.482 e. The summed E-state index contributed by atoms with van der Waals surface area (Å²) >= 11 is 9.48. The highest BCUT2D eigenvalue weighted by molar-refractivity contribution is 7.15. The van der Waals surface area contributed by atoms with Crippen LogP contribution in [0.15, 0.2) is 77.4 Å². The number of amides is 4. The topological polar surface area (TPSA) is 215 Å².